The van der Waals surface area contributed by atoms with Crippen LogP contribution in [0.15, 0.2) is 18.2 Å². The van der Waals surface area contributed by atoms with E-state index < -0.39 is 0 Å². The molecule has 2 aliphatic rings. The van der Waals surface area contributed by atoms with Gasteiger partial charge in [-0.3, -0.25) is 4.79 Å². The molecule has 2 fully saturated rings. The number of ether oxygens (including phenoxy) is 1. The molecule has 3 heteroatoms. The van der Waals surface area contributed by atoms with Crippen LogP contribution in [0.25, 0.3) is 0 Å². The zero-order chi connectivity index (χ0) is 16.2. The Hall–Kier alpha value is -1.51. The molecular weight excluding hydrogens is 286 g/mol. The van der Waals surface area contributed by atoms with E-state index in [9.17, 15) is 4.79 Å². The van der Waals surface area contributed by atoms with Gasteiger partial charge in [-0.2, -0.15) is 0 Å². The number of carbonyl (C=O) groups is 1. The van der Waals surface area contributed by atoms with Crippen molar-refractivity contribution in [1.82, 2.24) is 4.90 Å². The number of methoxy groups -OCH3 is 1. The van der Waals surface area contributed by atoms with E-state index in [2.05, 4.69) is 24.0 Å². The predicted octanol–water partition coefficient (Wildman–Crippen LogP) is 3.97. The van der Waals surface area contributed by atoms with Crippen molar-refractivity contribution in [3.8, 4) is 5.75 Å². The molecular formula is C20H29NO2. The molecule has 0 aliphatic heterocycles. The fraction of sp³-hybridized carbons (Fsp3) is 0.650. The smallest absolute Gasteiger partial charge is 0.225 e. The van der Waals surface area contributed by atoms with E-state index in [0.717, 1.165) is 44.0 Å². The molecule has 0 saturated heterocycles. The Labute approximate surface area is 140 Å². The maximum absolute atomic E-state index is 12.6. The van der Waals surface area contributed by atoms with Crippen molar-refractivity contribution in [2.24, 2.45) is 11.8 Å². The minimum Gasteiger partial charge on any atom is -0.496 e. The van der Waals surface area contributed by atoms with Gasteiger partial charge in [0.15, 0.2) is 0 Å². The highest BCUT2D eigenvalue weighted by atomic mass is 16.5. The van der Waals surface area contributed by atoms with Gasteiger partial charge in [0, 0.05) is 19.0 Å². The average Bonchev–Trinajstić information content (AvgIpc) is 3.28. The van der Waals surface area contributed by atoms with Gasteiger partial charge in [-0.1, -0.05) is 25.0 Å². The Morgan fingerprint density at radius 2 is 1.96 bits per heavy atom. The first kappa shape index (κ1) is 16.4. The summed E-state index contributed by atoms with van der Waals surface area (Å²) in [5.41, 5.74) is 2.46. The Morgan fingerprint density at radius 3 is 2.57 bits per heavy atom. The van der Waals surface area contributed by atoms with Crippen LogP contribution in [-0.2, 0) is 11.2 Å². The summed E-state index contributed by atoms with van der Waals surface area (Å²) in [7, 11) is 1.71. The summed E-state index contributed by atoms with van der Waals surface area (Å²) in [6.45, 7) is 3.91. The minimum absolute atomic E-state index is 0.328. The van der Waals surface area contributed by atoms with Crippen molar-refractivity contribution in [3.05, 3.63) is 29.3 Å². The van der Waals surface area contributed by atoms with Crippen LogP contribution in [-0.4, -0.2) is 31.0 Å². The highest BCUT2D eigenvalue weighted by molar-refractivity contribution is 5.81. The lowest BCUT2D eigenvalue weighted by atomic mass is 10.1. The summed E-state index contributed by atoms with van der Waals surface area (Å²) in [5.74, 6) is 2.40. The van der Waals surface area contributed by atoms with Crippen LogP contribution in [0.5, 0.6) is 5.75 Å². The van der Waals surface area contributed by atoms with Crippen molar-refractivity contribution in [2.45, 2.75) is 51.9 Å². The summed E-state index contributed by atoms with van der Waals surface area (Å²) in [6.07, 6.45) is 8.42. The van der Waals surface area contributed by atoms with Crippen molar-refractivity contribution in [3.63, 3.8) is 0 Å². The van der Waals surface area contributed by atoms with Crippen LogP contribution in [0, 0.1) is 18.8 Å². The fourth-order valence-corrected chi connectivity index (χ4v) is 3.74. The lowest BCUT2D eigenvalue weighted by Gasteiger charge is -2.26. The Kier molecular flexibility index (Phi) is 5.24. The Balaban J connectivity index is 1.60. The first-order chi connectivity index (χ1) is 11.2. The van der Waals surface area contributed by atoms with Gasteiger partial charge < -0.3 is 9.64 Å². The van der Waals surface area contributed by atoms with Crippen LogP contribution in [0.2, 0.25) is 0 Å². The van der Waals surface area contributed by atoms with Gasteiger partial charge in [0.05, 0.1) is 7.11 Å². The Bertz CT molecular complexity index is 545. The van der Waals surface area contributed by atoms with E-state index in [1.807, 2.05) is 6.07 Å². The van der Waals surface area contributed by atoms with Crippen LogP contribution in [0.3, 0.4) is 0 Å². The summed E-state index contributed by atoms with van der Waals surface area (Å²) in [4.78, 5) is 14.7. The number of benzene rings is 1. The van der Waals surface area contributed by atoms with Crippen LogP contribution in [0.4, 0.5) is 0 Å². The molecule has 23 heavy (non-hydrogen) atoms. The van der Waals surface area contributed by atoms with Crippen LogP contribution < -0.4 is 4.74 Å². The zero-order valence-corrected chi connectivity index (χ0v) is 14.5. The van der Waals surface area contributed by atoms with E-state index in [1.165, 1.54) is 36.8 Å². The van der Waals surface area contributed by atoms with E-state index >= 15 is 0 Å². The highest BCUT2D eigenvalue weighted by Crippen LogP contribution is 2.33. The summed E-state index contributed by atoms with van der Waals surface area (Å²) < 4.78 is 5.33. The molecule has 1 aromatic carbocycles. The molecule has 0 bridgehead atoms. The summed E-state index contributed by atoms with van der Waals surface area (Å²) in [5, 5.41) is 0. The number of hydrogen-bond acceptors (Lipinski definition) is 2. The molecule has 0 unspecified atom stereocenters. The first-order valence-corrected chi connectivity index (χ1v) is 9.09. The lowest BCUT2D eigenvalue weighted by molar-refractivity contribution is -0.133. The van der Waals surface area contributed by atoms with Gasteiger partial charge in [-0.25, -0.2) is 0 Å². The molecule has 2 aliphatic carbocycles. The molecule has 126 valence electrons. The second-order valence-corrected chi connectivity index (χ2v) is 7.26. The molecule has 0 aromatic heterocycles. The molecule has 3 rings (SSSR count). The normalized spacial score (nSPS) is 18.2. The van der Waals surface area contributed by atoms with Crippen molar-refractivity contribution in [1.29, 1.82) is 0 Å². The summed E-state index contributed by atoms with van der Waals surface area (Å²) in [6, 6.07) is 6.35. The topological polar surface area (TPSA) is 29.5 Å². The van der Waals surface area contributed by atoms with Gasteiger partial charge in [-0.15, -0.1) is 0 Å². The van der Waals surface area contributed by atoms with Crippen molar-refractivity contribution in [2.75, 3.05) is 20.2 Å². The fourth-order valence-electron chi connectivity index (χ4n) is 3.74. The van der Waals surface area contributed by atoms with Crippen molar-refractivity contribution >= 4 is 5.91 Å². The number of carbonyl (C=O) groups excluding carboxylic acids is 1. The van der Waals surface area contributed by atoms with Gasteiger partial charge >= 0.3 is 0 Å². The number of nitrogens with zero attached hydrogens (tertiary/aromatic N) is 1. The monoisotopic (exact) mass is 315 g/mol. The number of aryl methyl sites for hydroxylation is 1. The minimum atomic E-state index is 0.328. The van der Waals surface area contributed by atoms with Gasteiger partial charge in [0.2, 0.25) is 5.91 Å². The van der Waals surface area contributed by atoms with Gasteiger partial charge in [0.1, 0.15) is 5.75 Å². The van der Waals surface area contributed by atoms with Crippen molar-refractivity contribution < 1.29 is 9.53 Å². The van der Waals surface area contributed by atoms with E-state index in [0.29, 0.717) is 11.8 Å². The van der Waals surface area contributed by atoms with E-state index in [1.54, 1.807) is 7.11 Å². The number of amides is 1. The van der Waals surface area contributed by atoms with Crippen LogP contribution >= 0.6 is 0 Å². The van der Waals surface area contributed by atoms with E-state index in [4.69, 9.17) is 4.74 Å². The molecule has 1 amide bonds. The standard InChI is InChI=1S/C20H29NO2/c1-15-13-16(7-10-19(15)23-2)11-12-21(20(22)18-8-9-18)14-17-5-3-4-6-17/h7,10,13,17-18H,3-6,8-9,11-12,14H2,1-2H3. The third-order valence-corrected chi connectivity index (χ3v) is 5.32. The van der Waals surface area contributed by atoms with E-state index in [-0.39, 0.29) is 0 Å². The molecule has 1 aromatic rings. The Morgan fingerprint density at radius 1 is 1.22 bits per heavy atom. The summed E-state index contributed by atoms with van der Waals surface area (Å²) >= 11 is 0. The second-order valence-electron chi connectivity index (χ2n) is 7.26. The lowest BCUT2D eigenvalue weighted by Crippen LogP contribution is -2.37. The average molecular weight is 315 g/mol. The first-order valence-electron chi connectivity index (χ1n) is 9.09. The number of rotatable bonds is 7. The molecule has 0 spiro atoms. The SMILES string of the molecule is COc1ccc(CCN(CC2CCCC2)C(=O)C2CC2)cc1C. The third-order valence-electron chi connectivity index (χ3n) is 5.32. The maximum atomic E-state index is 12.6. The zero-order valence-electron chi connectivity index (χ0n) is 14.5. The molecule has 2 saturated carbocycles. The quantitative estimate of drug-likeness (QED) is 0.762. The number of hydrogen-bond donors (Lipinski definition) is 0. The largest absolute Gasteiger partial charge is 0.496 e. The molecule has 3 nitrogen and oxygen atoms in total. The maximum Gasteiger partial charge on any atom is 0.225 e. The third kappa shape index (κ3) is 4.27. The van der Waals surface area contributed by atoms with Gasteiger partial charge in [0.25, 0.3) is 0 Å². The molecule has 0 atom stereocenters. The molecule has 0 N–H and O–H groups in total. The second kappa shape index (κ2) is 7.37. The molecule has 0 heterocycles. The van der Waals surface area contributed by atoms with Crippen LogP contribution in [0.1, 0.15) is 49.7 Å². The highest BCUT2D eigenvalue weighted by Gasteiger charge is 2.34. The molecule has 0 radical (unpaired) electrons. The van der Waals surface area contributed by atoms with Gasteiger partial charge in [-0.05, 0) is 62.1 Å². The predicted molar refractivity (Wildman–Crippen MR) is 92.7 cm³/mol.